The average Bonchev–Trinajstić information content (AvgIpc) is 3.19. The summed E-state index contributed by atoms with van der Waals surface area (Å²) in [6.45, 7) is 3.01. The first kappa shape index (κ1) is 15.2. The van der Waals surface area contributed by atoms with Gasteiger partial charge in [0, 0.05) is 39.9 Å². The molecule has 4 heteroatoms. The van der Waals surface area contributed by atoms with Gasteiger partial charge in [0.1, 0.15) is 0 Å². The molecule has 1 fully saturated rings. The second-order valence-electron chi connectivity index (χ2n) is 5.79. The van der Waals surface area contributed by atoms with E-state index >= 15 is 0 Å². The van der Waals surface area contributed by atoms with Crippen LogP contribution in [-0.2, 0) is 19.6 Å². The highest BCUT2D eigenvalue weighted by Crippen LogP contribution is 2.23. The molecular formula is C17H21BrN2S. The number of rotatable bonds is 7. The summed E-state index contributed by atoms with van der Waals surface area (Å²) in [4.78, 5) is 5.26. The van der Waals surface area contributed by atoms with Crippen molar-refractivity contribution in [1.82, 2.24) is 10.2 Å². The van der Waals surface area contributed by atoms with Crippen LogP contribution in [0.4, 0.5) is 0 Å². The molecule has 1 N–H and O–H groups in total. The summed E-state index contributed by atoms with van der Waals surface area (Å²) < 4.78 is 1.19. The van der Waals surface area contributed by atoms with E-state index in [2.05, 4.69) is 69.6 Å². The first-order valence-electron chi connectivity index (χ1n) is 7.43. The molecule has 0 radical (unpaired) electrons. The van der Waals surface area contributed by atoms with Gasteiger partial charge in [0.25, 0.3) is 0 Å². The Morgan fingerprint density at radius 1 is 1.14 bits per heavy atom. The average molecular weight is 365 g/mol. The minimum absolute atomic E-state index is 0.786. The zero-order valence-corrected chi connectivity index (χ0v) is 14.7. The highest BCUT2D eigenvalue weighted by molar-refractivity contribution is 9.10. The Bertz CT molecular complexity index is 592. The van der Waals surface area contributed by atoms with Crippen molar-refractivity contribution in [1.29, 1.82) is 0 Å². The lowest BCUT2D eigenvalue weighted by Crippen LogP contribution is -2.16. The summed E-state index contributed by atoms with van der Waals surface area (Å²) >= 11 is 5.55. The van der Waals surface area contributed by atoms with Crippen LogP contribution in [0.25, 0.3) is 0 Å². The van der Waals surface area contributed by atoms with Crippen molar-refractivity contribution < 1.29 is 0 Å². The van der Waals surface area contributed by atoms with E-state index in [9.17, 15) is 0 Å². The van der Waals surface area contributed by atoms with Gasteiger partial charge in [-0.2, -0.15) is 0 Å². The van der Waals surface area contributed by atoms with Crippen molar-refractivity contribution >= 4 is 27.3 Å². The van der Waals surface area contributed by atoms with Crippen LogP contribution in [0.3, 0.4) is 0 Å². The molecular weight excluding hydrogens is 344 g/mol. The number of benzene rings is 1. The number of hydrogen-bond acceptors (Lipinski definition) is 3. The fraction of sp³-hybridized carbons (Fsp3) is 0.412. The van der Waals surface area contributed by atoms with Crippen molar-refractivity contribution in [3.63, 3.8) is 0 Å². The molecule has 0 saturated heterocycles. The van der Waals surface area contributed by atoms with E-state index in [1.807, 2.05) is 11.3 Å². The van der Waals surface area contributed by atoms with Crippen molar-refractivity contribution in [3.8, 4) is 0 Å². The van der Waals surface area contributed by atoms with Gasteiger partial charge in [0.05, 0.1) is 0 Å². The van der Waals surface area contributed by atoms with Crippen LogP contribution in [-0.4, -0.2) is 18.0 Å². The summed E-state index contributed by atoms with van der Waals surface area (Å²) in [6, 6.07) is 13.8. The third-order valence-electron chi connectivity index (χ3n) is 3.68. The smallest absolute Gasteiger partial charge is 0.0328 e. The summed E-state index contributed by atoms with van der Waals surface area (Å²) in [5, 5.41) is 3.58. The SMILES string of the molecule is CN(Cc1ccc(CNC2CC2)s1)Cc1ccccc1Br. The molecule has 2 aromatic rings. The molecule has 0 bridgehead atoms. The predicted molar refractivity (Wildman–Crippen MR) is 93.5 cm³/mol. The highest BCUT2D eigenvalue weighted by Gasteiger charge is 2.20. The van der Waals surface area contributed by atoms with Crippen molar-refractivity contribution in [3.05, 3.63) is 56.2 Å². The van der Waals surface area contributed by atoms with Gasteiger partial charge < -0.3 is 5.32 Å². The largest absolute Gasteiger partial charge is 0.309 e. The van der Waals surface area contributed by atoms with Crippen LogP contribution in [0.15, 0.2) is 40.9 Å². The minimum atomic E-state index is 0.786. The maximum Gasteiger partial charge on any atom is 0.0328 e. The van der Waals surface area contributed by atoms with Crippen molar-refractivity contribution in [2.24, 2.45) is 0 Å². The van der Waals surface area contributed by atoms with Gasteiger partial charge in [-0.25, -0.2) is 0 Å². The van der Waals surface area contributed by atoms with Crippen LogP contribution in [0.2, 0.25) is 0 Å². The van der Waals surface area contributed by atoms with Crippen LogP contribution < -0.4 is 5.32 Å². The van der Waals surface area contributed by atoms with E-state index < -0.39 is 0 Å². The van der Waals surface area contributed by atoms with Crippen LogP contribution in [0, 0.1) is 0 Å². The first-order valence-corrected chi connectivity index (χ1v) is 9.04. The van der Waals surface area contributed by atoms with Crippen LogP contribution in [0.5, 0.6) is 0 Å². The van der Waals surface area contributed by atoms with Crippen LogP contribution in [0.1, 0.15) is 28.2 Å². The predicted octanol–water partition coefficient (Wildman–Crippen LogP) is 4.39. The molecule has 0 amide bonds. The lowest BCUT2D eigenvalue weighted by molar-refractivity contribution is 0.321. The third kappa shape index (κ3) is 4.65. The fourth-order valence-corrected chi connectivity index (χ4v) is 3.83. The fourth-order valence-electron chi connectivity index (χ4n) is 2.37. The van der Waals surface area contributed by atoms with Crippen molar-refractivity contribution in [2.45, 2.75) is 38.5 Å². The molecule has 112 valence electrons. The molecule has 1 aromatic heterocycles. The monoisotopic (exact) mass is 364 g/mol. The Labute approximate surface area is 139 Å². The van der Waals surface area contributed by atoms with Gasteiger partial charge >= 0.3 is 0 Å². The lowest BCUT2D eigenvalue weighted by Gasteiger charge is -2.16. The molecule has 0 unspecified atom stereocenters. The minimum Gasteiger partial charge on any atom is -0.309 e. The van der Waals surface area contributed by atoms with Gasteiger partial charge in [-0.05, 0) is 43.7 Å². The molecule has 1 aromatic carbocycles. The summed E-state index contributed by atoms with van der Waals surface area (Å²) in [5.74, 6) is 0. The molecule has 1 aliphatic rings. The van der Waals surface area contributed by atoms with Gasteiger partial charge in [-0.15, -0.1) is 11.3 Å². The Morgan fingerprint density at radius 3 is 2.67 bits per heavy atom. The molecule has 0 spiro atoms. The van der Waals surface area contributed by atoms with E-state index in [1.54, 1.807) is 0 Å². The molecule has 2 nitrogen and oxygen atoms in total. The normalized spacial score (nSPS) is 14.8. The van der Waals surface area contributed by atoms with E-state index in [1.165, 1.54) is 32.6 Å². The zero-order chi connectivity index (χ0) is 14.7. The number of halogens is 1. The highest BCUT2D eigenvalue weighted by atomic mass is 79.9. The second kappa shape index (κ2) is 7.05. The first-order chi connectivity index (χ1) is 10.2. The Kier molecular flexibility index (Phi) is 5.11. The quantitative estimate of drug-likeness (QED) is 0.783. The van der Waals surface area contributed by atoms with E-state index in [0.717, 1.165) is 25.7 Å². The zero-order valence-electron chi connectivity index (χ0n) is 12.3. The Balaban J connectivity index is 1.52. The van der Waals surface area contributed by atoms with Gasteiger partial charge in [-0.3, -0.25) is 4.90 Å². The van der Waals surface area contributed by atoms with Gasteiger partial charge in [0.2, 0.25) is 0 Å². The van der Waals surface area contributed by atoms with Crippen molar-refractivity contribution in [2.75, 3.05) is 7.05 Å². The van der Waals surface area contributed by atoms with Gasteiger partial charge in [0.15, 0.2) is 0 Å². The topological polar surface area (TPSA) is 15.3 Å². The maximum absolute atomic E-state index is 3.62. The molecule has 21 heavy (non-hydrogen) atoms. The molecule has 0 aliphatic heterocycles. The van der Waals surface area contributed by atoms with E-state index in [0.29, 0.717) is 0 Å². The lowest BCUT2D eigenvalue weighted by atomic mass is 10.2. The summed E-state index contributed by atoms with van der Waals surface area (Å²) in [6.07, 6.45) is 2.71. The molecule has 3 rings (SSSR count). The summed E-state index contributed by atoms with van der Waals surface area (Å²) in [7, 11) is 2.18. The third-order valence-corrected chi connectivity index (χ3v) is 5.53. The summed E-state index contributed by atoms with van der Waals surface area (Å²) in [5.41, 5.74) is 1.34. The Hall–Kier alpha value is -0.680. The molecule has 1 aliphatic carbocycles. The second-order valence-corrected chi connectivity index (χ2v) is 7.89. The standard InChI is InChI=1S/C17H21BrN2S/c1-20(11-13-4-2-3-5-17(13)18)12-16-9-8-15(21-16)10-19-14-6-7-14/h2-5,8-9,14,19H,6-7,10-12H2,1H3. The number of nitrogens with one attached hydrogen (secondary N) is 1. The van der Waals surface area contributed by atoms with Crippen LogP contribution >= 0.6 is 27.3 Å². The van der Waals surface area contributed by atoms with E-state index in [-0.39, 0.29) is 0 Å². The Morgan fingerprint density at radius 2 is 1.90 bits per heavy atom. The molecule has 1 saturated carbocycles. The number of hydrogen-bond donors (Lipinski definition) is 1. The maximum atomic E-state index is 3.62. The molecule has 0 atom stereocenters. The molecule has 1 heterocycles. The number of nitrogens with zero attached hydrogens (tertiary/aromatic N) is 1. The number of thiophene rings is 1. The van der Waals surface area contributed by atoms with E-state index in [4.69, 9.17) is 0 Å². The van der Waals surface area contributed by atoms with Gasteiger partial charge in [-0.1, -0.05) is 34.1 Å².